The van der Waals surface area contributed by atoms with Crippen LogP contribution in [0.15, 0.2) is 0 Å². The average Bonchev–Trinajstić information content (AvgIpc) is 2.52. The number of rotatable bonds is 3. The molecule has 22 heavy (non-hydrogen) atoms. The third-order valence-corrected chi connectivity index (χ3v) is 8.28. The number of nitrogens with one attached hydrogen (secondary N) is 1. The molecule has 0 aromatic heterocycles. The van der Waals surface area contributed by atoms with Gasteiger partial charge < -0.3 is 15.8 Å². The molecule has 3 fully saturated rings. The fourth-order valence-electron chi connectivity index (χ4n) is 4.04. The summed E-state index contributed by atoms with van der Waals surface area (Å²) in [6.07, 6.45) is 2.16. The third kappa shape index (κ3) is 2.90. The molecule has 4 nitrogen and oxygen atoms in total. The van der Waals surface area contributed by atoms with E-state index in [1.807, 2.05) is 23.5 Å². The van der Waals surface area contributed by atoms with Crippen molar-refractivity contribution in [2.45, 2.75) is 43.6 Å². The van der Waals surface area contributed by atoms with Crippen molar-refractivity contribution >= 4 is 41.8 Å². The Hall–Kier alpha value is 0.380. The molecule has 0 aromatic rings. The second kappa shape index (κ2) is 7.09. The van der Waals surface area contributed by atoms with Crippen molar-refractivity contribution in [2.24, 2.45) is 17.1 Å². The van der Waals surface area contributed by atoms with Crippen LogP contribution in [0.4, 0.5) is 0 Å². The average molecular weight is 367 g/mol. The fraction of sp³-hybridized carbons (Fsp3) is 0.933. The lowest BCUT2D eigenvalue weighted by molar-refractivity contribution is -0.225. The highest BCUT2D eigenvalue weighted by Crippen LogP contribution is 2.57. The normalized spacial score (nSPS) is 39.9. The second-order valence-corrected chi connectivity index (χ2v) is 9.47. The molecule has 0 spiro atoms. The Bertz CT molecular complexity index is 418. The van der Waals surface area contributed by atoms with E-state index in [-0.39, 0.29) is 35.8 Å². The van der Waals surface area contributed by atoms with E-state index in [1.54, 1.807) is 0 Å². The zero-order valence-corrected chi connectivity index (χ0v) is 15.7. The number of fused-ring (bicyclic) bond motifs is 1. The number of thioether (sulfide) groups is 2. The number of halogens is 1. The van der Waals surface area contributed by atoms with Crippen LogP contribution in [0.1, 0.15) is 26.7 Å². The molecule has 0 aromatic carbocycles. The van der Waals surface area contributed by atoms with Crippen molar-refractivity contribution in [1.82, 2.24) is 5.32 Å². The highest BCUT2D eigenvalue weighted by molar-refractivity contribution is 8.06. The molecule has 4 unspecified atom stereocenters. The van der Waals surface area contributed by atoms with E-state index in [1.165, 1.54) is 11.5 Å². The van der Waals surface area contributed by atoms with Crippen LogP contribution >= 0.6 is 35.9 Å². The first kappa shape index (κ1) is 18.7. The predicted molar refractivity (Wildman–Crippen MR) is 97.0 cm³/mol. The monoisotopic (exact) mass is 366 g/mol. The number of carbonyl (C=O) groups excluding carboxylic acids is 1. The quantitative estimate of drug-likeness (QED) is 0.798. The topological polar surface area (TPSA) is 64.3 Å². The van der Waals surface area contributed by atoms with Gasteiger partial charge in [-0.15, -0.1) is 12.4 Å². The van der Waals surface area contributed by atoms with Crippen LogP contribution in [-0.2, 0) is 9.53 Å². The van der Waals surface area contributed by atoms with Crippen LogP contribution in [0, 0.1) is 11.3 Å². The molecule has 1 saturated carbocycles. The van der Waals surface area contributed by atoms with Gasteiger partial charge in [-0.1, -0.05) is 13.8 Å². The predicted octanol–water partition coefficient (Wildman–Crippen LogP) is 1.91. The maximum Gasteiger partial charge on any atom is 0.241 e. The minimum atomic E-state index is -0.773. The van der Waals surface area contributed by atoms with Gasteiger partial charge in [0.15, 0.2) is 0 Å². The summed E-state index contributed by atoms with van der Waals surface area (Å²) in [5.74, 6) is 3.73. The van der Waals surface area contributed by atoms with E-state index in [0.717, 1.165) is 31.7 Å². The lowest BCUT2D eigenvalue weighted by atomic mass is 9.46. The molecule has 2 saturated heterocycles. The molecule has 128 valence electrons. The van der Waals surface area contributed by atoms with Gasteiger partial charge in [0.05, 0.1) is 6.10 Å². The van der Waals surface area contributed by atoms with Crippen LogP contribution in [0.3, 0.4) is 0 Å². The first-order valence-electron chi connectivity index (χ1n) is 7.86. The van der Waals surface area contributed by atoms with Crippen LogP contribution in [0.2, 0.25) is 0 Å². The van der Waals surface area contributed by atoms with Gasteiger partial charge in [-0.05, 0) is 12.8 Å². The van der Waals surface area contributed by atoms with Gasteiger partial charge in [0.2, 0.25) is 5.91 Å². The smallest absolute Gasteiger partial charge is 0.241 e. The summed E-state index contributed by atoms with van der Waals surface area (Å²) in [6, 6.07) is 0. The summed E-state index contributed by atoms with van der Waals surface area (Å²) in [5.41, 5.74) is 5.54. The van der Waals surface area contributed by atoms with E-state index in [2.05, 4.69) is 19.2 Å². The maximum atomic E-state index is 12.8. The number of carbonyl (C=O) groups is 1. The number of nitrogens with two attached hydrogens (primary N) is 1. The maximum absolute atomic E-state index is 12.8. The van der Waals surface area contributed by atoms with Crippen LogP contribution in [-0.4, -0.2) is 53.2 Å². The number of hydrogen-bond donors (Lipinski definition) is 2. The number of amides is 1. The van der Waals surface area contributed by atoms with Gasteiger partial charge in [0.1, 0.15) is 5.54 Å². The number of ether oxygens (including phenoxy) is 1. The lowest BCUT2D eigenvalue weighted by Crippen LogP contribution is -2.82. The minimum Gasteiger partial charge on any atom is -0.377 e. The van der Waals surface area contributed by atoms with Crippen LogP contribution < -0.4 is 11.1 Å². The molecule has 0 radical (unpaired) electrons. The summed E-state index contributed by atoms with van der Waals surface area (Å²) in [4.78, 5) is 12.8. The van der Waals surface area contributed by atoms with Crippen molar-refractivity contribution in [2.75, 3.05) is 30.4 Å². The van der Waals surface area contributed by atoms with Crippen molar-refractivity contribution in [3.8, 4) is 0 Å². The lowest BCUT2D eigenvalue weighted by Gasteiger charge is -2.65. The molecule has 3 aliphatic rings. The molecule has 4 atom stereocenters. The van der Waals surface area contributed by atoms with E-state index < -0.39 is 5.54 Å². The minimum absolute atomic E-state index is 0. The van der Waals surface area contributed by atoms with E-state index >= 15 is 0 Å². The summed E-state index contributed by atoms with van der Waals surface area (Å²) in [5, 5.41) is 3.66. The molecule has 0 bridgehead atoms. The summed E-state index contributed by atoms with van der Waals surface area (Å²) in [7, 11) is 0. The fourth-order valence-corrected chi connectivity index (χ4v) is 6.66. The van der Waals surface area contributed by atoms with Gasteiger partial charge in [0, 0.05) is 47.0 Å². The molecule has 2 heterocycles. The molecule has 7 heteroatoms. The van der Waals surface area contributed by atoms with Crippen molar-refractivity contribution in [1.29, 1.82) is 0 Å². The summed E-state index contributed by atoms with van der Waals surface area (Å²) in [6.45, 7) is 5.69. The van der Waals surface area contributed by atoms with E-state index in [0.29, 0.717) is 5.25 Å². The zero-order valence-electron chi connectivity index (χ0n) is 13.3. The Balaban J connectivity index is 0.00000176. The van der Waals surface area contributed by atoms with Gasteiger partial charge in [-0.25, -0.2) is 0 Å². The first-order chi connectivity index (χ1) is 9.98. The molecular weight excluding hydrogens is 340 g/mol. The molecule has 3 N–H and O–H groups in total. The Kier molecular flexibility index (Phi) is 6.03. The highest BCUT2D eigenvalue weighted by atomic mass is 35.5. The van der Waals surface area contributed by atoms with Crippen molar-refractivity contribution < 1.29 is 9.53 Å². The first-order valence-corrected chi connectivity index (χ1v) is 10.1. The molecule has 2 aliphatic heterocycles. The van der Waals surface area contributed by atoms with Crippen LogP contribution in [0.5, 0.6) is 0 Å². The van der Waals surface area contributed by atoms with Crippen molar-refractivity contribution in [3.63, 3.8) is 0 Å². The molecular formula is C15H27ClN2O2S2. The molecule has 3 rings (SSSR count). The van der Waals surface area contributed by atoms with Gasteiger partial charge >= 0.3 is 0 Å². The zero-order chi connectivity index (χ0) is 15.1. The Labute approximate surface area is 147 Å². The van der Waals surface area contributed by atoms with Gasteiger partial charge in [0.25, 0.3) is 0 Å². The molecule has 1 aliphatic carbocycles. The van der Waals surface area contributed by atoms with Crippen molar-refractivity contribution in [3.05, 3.63) is 0 Å². The van der Waals surface area contributed by atoms with E-state index in [9.17, 15) is 4.79 Å². The van der Waals surface area contributed by atoms with E-state index in [4.69, 9.17) is 10.5 Å². The highest BCUT2D eigenvalue weighted by Gasteiger charge is 2.70. The molecule has 1 amide bonds. The number of hydrogen-bond acceptors (Lipinski definition) is 5. The largest absolute Gasteiger partial charge is 0.377 e. The standard InChI is InChI=1S/C15H26N2O2S2.ClH/c1-14(2)12-11(4-3-5-19-12)15(14,16)13(18)17-8-10-9-20-6-7-21-10;/h10-12H,3-9,16H2,1-2H3,(H,17,18);1H. The summed E-state index contributed by atoms with van der Waals surface area (Å²) >= 11 is 3.94. The third-order valence-electron chi connectivity index (χ3n) is 5.44. The Morgan fingerprint density at radius 1 is 1.41 bits per heavy atom. The Morgan fingerprint density at radius 2 is 2.18 bits per heavy atom. The van der Waals surface area contributed by atoms with Crippen LogP contribution in [0.25, 0.3) is 0 Å². The Morgan fingerprint density at radius 3 is 2.86 bits per heavy atom. The summed E-state index contributed by atoms with van der Waals surface area (Å²) < 4.78 is 5.86. The van der Waals surface area contributed by atoms with Gasteiger partial charge in [-0.3, -0.25) is 4.79 Å². The van der Waals surface area contributed by atoms with Gasteiger partial charge in [-0.2, -0.15) is 23.5 Å². The SMILES string of the molecule is CC1(C)C2OCCCC2C1(N)C(=O)NCC1CSCCS1.Cl. The second-order valence-electron chi connectivity index (χ2n) is 6.91.